The maximum atomic E-state index is 13.3. The van der Waals surface area contributed by atoms with Gasteiger partial charge in [0.1, 0.15) is 5.82 Å². The minimum atomic E-state index is -0.617. The molecule has 19 heavy (non-hydrogen) atoms. The molecule has 1 amide bonds. The molecule has 2 rings (SSSR count). The quantitative estimate of drug-likeness (QED) is 0.857. The normalized spacial score (nSPS) is 10.3. The smallest absolute Gasteiger partial charge is 0.258 e. The Balaban J connectivity index is 2.30. The third-order valence-corrected chi connectivity index (χ3v) is 3.04. The highest BCUT2D eigenvalue weighted by Gasteiger charge is 2.15. The van der Waals surface area contributed by atoms with E-state index in [9.17, 15) is 9.18 Å². The van der Waals surface area contributed by atoms with Gasteiger partial charge in [0.2, 0.25) is 0 Å². The Kier molecular flexibility index (Phi) is 3.71. The third kappa shape index (κ3) is 2.85. The molecule has 0 aliphatic rings. The van der Waals surface area contributed by atoms with Crippen molar-refractivity contribution in [2.75, 3.05) is 17.7 Å². The van der Waals surface area contributed by atoms with Gasteiger partial charge in [-0.3, -0.25) is 4.79 Å². The molecule has 0 unspecified atom stereocenters. The lowest BCUT2D eigenvalue weighted by Crippen LogP contribution is -2.26. The Morgan fingerprint density at radius 1 is 1.26 bits per heavy atom. The highest BCUT2D eigenvalue weighted by atomic mass is 35.5. The van der Waals surface area contributed by atoms with Crippen LogP contribution < -0.4 is 10.6 Å². The number of benzene rings is 2. The molecule has 0 spiro atoms. The Labute approximate surface area is 115 Å². The first-order chi connectivity index (χ1) is 8.99. The van der Waals surface area contributed by atoms with E-state index in [-0.39, 0.29) is 16.5 Å². The SMILES string of the molecule is CN(C(=O)c1ccc(Cl)c(F)c1)c1cccc(N)c1. The van der Waals surface area contributed by atoms with Gasteiger partial charge in [-0.25, -0.2) is 4.39 Å². The predicted octanol–water partition coefficient (Wildman–Crippen LogP) is 3.34. The number of nitrogen functional groups attached to an aromatic ring is 1. The summed E-state index contributed by atoms with van der Waals surface area (Å²) in [7, 11) is 1.60. The summed E-state index contributed by atoms with van der Waals surface area (Å²) in [6.07, 6.45) is 0. The number of carbonyl (C=O) groups excluding carboxylic acids is 1. The number of hydrogen-bond acceptors (Lipinski definition) is 2. The fraction of sp³-hybridized carbons (Fsp3) is 0.0714. The first-order valence-electron chi connectivity index (χ1n) is 5.57. The maximum Gasteiger partial charge on any atom is 0.258 e. The lowest BCUT2D eigenvalue weighted by Gasteiger charge is -2.18. The first-order valence-corrected chi connectivity index (χ1v) is 5.95. The lowest BCUT2D eigenvalue weighted by atomic mass is 10.2. The van der Waals surface area contributed by atoms with Gasteiger partial charge >= 0.3 is 0 Å². The van der Waals surface area contributed by atoms with Crippen LogP contribution in [0.4, 0.5) is 15.8 Å². The van der Waals surface area contributed by atoms with E-state index >= 15 is 0 Å². The molecule has 0 aromatic heterocycles. The van der Waals surface area contributed by atoms with Gasteiger partial charge in [-0.05, 0) is 36.4 Å². The first kappa shape index (κ1) is 13.4. The number of nitrogens with zero attached hydrogens (tertiary/aromatic N) is 1. The summed E-state index contributed by atoms with van der Waals surface area (Å²) in [6, 6.07) is 10.9. The molecule has 5 heteroatoms. The summed E-state index contributed by atoms with van der Waals surface area (Å²) >= 11 is 5.59. The van der Waals surface area contributed by atoms with Crippen molar-refractivity contribution in [3.8, 4) is 0 Å². The molecular weight excluding hydrogens is 267 g/mol. The maximum absolute atomic E-state index is 13.3. The molecule has 0 saturated heterocycles. The molecule has 0 bridgehead atoms. The van der Waals surface area contributed by atoms with E-state index in [0.717, 1.165) is 6.07 Å². The van der Waals surface area contributed by atoms with Crippen LogP contribution in [0.25, 0.3) is 0 Å². The van der Waals surface area contributed by atoms with Crippen LogP contribution in [0.5, 0.6) is 0 Å². The van der Waals surface area contributed by atoms with E-state index in [4.69, 9.17) is 17.3 Å². The molecule has 2 aromatic carbocycles. The molecule has 0 saturated carbocycles. The molecule has 2 N–H and O–H groups in total. The summed E-state index contributed by atoms with van der Waals surface area (Å²) in [6.45, 7) is 0. The second kappa shape index (κ2) is 5.28. The van der Waals surface area contributed by atoms with Crippen molar-refractivity contribution in [1.82, 2.24) is 0 Å². The molecule has 0 heterocycles. The molecule has 0 aliphatic heterocycles. The zero-order chi connectivity index (χ0) is 14.0. The molecule has 0 fully saturated rings. The van der Waals surface area contributed by atoms with Crippen molar-refractivity contribution >= 4 is 28.9 Å². The standard InChI is InChI=1S/C14H12ClFN2O/c1-18(11-4-2-3-10(17)8-11)14(19)9-5-6-12(15)13(16)7-9/h2-8H,17H2,1H3. The molecule has 98 valence electrons. The van der Waals surface area contributed by atoms with Gasteiger partial charge in [0.15, 0.2) is 0 Å². The fourth-order valence-electron chi connectivity index (χ4n) is 1.67. The summed E-state index contributed by atoms with van der Waals surface area (Å²) in [4.78, 5) is 13.6. The minimum Gasteiger partial charge on any atom is -0.399 e. The fourth-order valence-corrected chi connectivity index (χ4v) is 1.79. The average molecular weight is 279 g/mol. The van der Waals surface area contributed by atoms with Crippen molar-refractivity contribution in [2.45, 2.75) is 0 Å². The topological polar surface area (TPSA) is 46.3 Å². The number of amides is 1. The second-order valence-corrected chi connectivity index (χ2v) is 4.50. The number of carbonyl (C=O) groups is 1. The van der Waals surface area contributed by atoms with Crippen LogP contribution in [0.3, 0.4) is 0 Å². The van der Waals surface area contributed by atoms with E-state index in [0.29, 0.717) is 11.4 Å². The molecular formula is C14H12ClFN2O. The van der Waals surface area contributed by atoms with Gasteiger partial charge < -0.3 is 10.6 Å². The van der Waals surface area contributed by atoms with E-state index in [2.05, 4.69) is 0 Å². The van der Waals surface area contributed by atoms with Crippen molar-refractivity contribution in [3.63, 3.8) is 0 Å². The molecule has 0 aliphatic carbocycles. The highest BCUT2D eigenvalue weighted by molar-refractivity contribution is 6.30. The molecule has 3 nitrogen and oxygen atoms in total. The van der Waals surface area contributed by atoms with Crippen molar-refractivity contribution in [3.05, 3.63) is 58.9 Å². The summed E-state index contributed by atoms with van der Waals surface area (Å²) in [5, 5.41) is -0.0110. The van der Waals surface area contributed by atoms with Crippen LogP contribution in [-0.4, -0.2) is 13.0 Å². The molecule has 0 atom stereocenters. The Hall–Kier alpha value is -2.07. The van der Waals surface area contributed by atoms with E-state index in [1.165, 1.54) is 17.0 Å². The van der Waals surface area contributed by atoms with Gasteiger partial charge in [0.05, 0.1) is 5.02 Å². The zero-order valence-corrected chi connectivity index (χ0v) is 11.0. The lowest BCUT2D eigenvalue weighted by molar-refractivity contribution is 0.0992. The summed E-state index contributed by atoms with van der Waals surface area (Å²) in [5.74, 6) is -0.949. The van der Waals surface area contributed by atoms with Crippen LogP contribution in [0.15, 0.2) is 42.5 Å². The van der Waals surface area contributed by atoms with Gasteiger partial charge in [0.25, 0.3) is 5.91 Å². The number of hydrogen-bond donors (Lipinski definition) is 1. The van der Waals surface area contributed by atoms with Gasteiger partial charge in [-0.1, -0.05) is 17.7 Å². The van der Waals surface area contributed by atoms with Gasteiger partial charge in [0, 0.05) is 24.0 Å². The van der Waals surface area contributed by atoms with Gasteiger partial charge in [-0.2, -0.15) is 0 Å². The van der Waals surface area contributed by atoms with E-state index < -0.39 is 5.82 Å². The number of anilines is 2. The van der Waals surface area contributed by atoms with E-state index in [1.54, 1.807) is 31.3 Å². The van der Waals surface area contributed by atoms with Crippen LogP contribution in [0, 0.1) is 5.82 Å². The van der Waals surface area contributed by atoms with Gasteiger partial charge in [-0.15, -0.1) is 0 Å². The van der Waals surface area contributed by atoms with Crippen molar-refractivity contribution in [2.24, 2.45) is 0 Å². The largest absolute Gasteiger partial charge is 0.399 e. The summed E-state index contributed by atoms with van der Waals surface area (Å²) in [5.41, 5.74) is 7.09. The number of rotatable bonds is 2. The Morgan fingerprint density at radius 2 is 2.00 bits per heavy atom. The van der Waals surface area contributed by atoms with Crippen molar-refractivity contribution < 1.29 is 9.18 Å². The zero-order valence-electron chi connectivity index (χ0n) is 10.2. The molecule has 2 aromatic rings. The predicted molar refractivity (Wildman–Crippen MR) is 75.0 cm³/mol. The van der Waals surface area contributed by atoms with Crippen LogP contribution in [0.2, 0.25) is 5.02 Å². The van der Waals surface area contributed by atoms with Crippen LogP contribution >= 0.6 is 11.6 Å². The molecule has 0 radical (unpaired) electrons. The van der Waals surface area contributed by atoms with Crippen LogP contribution in [0.1, 0.15) is 10.4 Å². The number of halogens is 2. The monoisotopic (exact) mass is 278 g/mol. The summed E-state index contributed by atoms with van der Waals surface area (Å²) < 4.78 is 13.3. The van der Waals surface area contributed by atoms with Crippen molar-refractivity contribution in [1.29, 1.82) is 0 Å². The number of nitrogens with two attached hydrogens (primary N) is 1. The van der Waals surface area contributed by atoms with Crippen LogP contribution in [-0.2, 0) is 0 Å². The second-order valence-electron chi connectivity index (χ2n) is 4.09. The van der Waals surface area contributed by atoms with E-state index in [1.807, 2.05) is 0 Å². The highest BCUT2D eigenvalue weighted by Crippen LogP contribution is 2.20. The third-order valence-electron chi connectivity index (χ3n) is 2.73. The Bertz CT molecular complexity index is 631. The average Bonchev–Trinajstić information content (AvgIpc) is 2.40. The Morgan fingerprint density at radius 3 is 2.63 bits per heavy atom. The minimum absolute atomic E-state index is 0.0110.